The van der Waals surface area contributed by atoms with Crippen LogP contribution in [0.5, 0.6) is 0 Å². The summed E-state index contributed by atoms with van der Waals surface area (Å²) < 4.78 is 7.10. The van der Waals surface area contributed by atoms with Gasteiger partial charge in [0.1, 0.15) is 11.9 Å². The molecule has 1 aromatic heterocycles. The summed E-state index contributed by atoms with van der Waals surface area (Å²) in [7, 11) is 0. The highest BCUT2D eigenvalue weighted by molar-refractivity contribution is 7.99. The summed E-state index contributed by atoms with van der Waals surface area (Å²) in [5, 5.41) is 9.08. The number of rotatable bonds is 6. The molecule has 0 N–H and O–H groups in total. The Hall–Kier alpha value is -2.35. The first kappa shape index (κ1) is 20.4. The van der Waals surface area contributed by atoms with Crippen molar-refractivity contribution in [1.29, 1.82) is 0 Å². The first-order valence-corrected chi connectivity index (χ1v) is 10.6. The van der Waals surface area contributed by atoms with Crippen molar-refractivity contribution in [3.8, 4) is 5.69 Å². The Labute approximate surface area is 169 Å². The van der Waals surface area contributed by atoms with Gasteiger partial charge in [0, 0.05) is 12.2 Å². The van der Waals surface area contributed by atoms with Gasteiger partial charge in [0.2, 0.25) is 5.91 Å². The predicted octanol–water partition coefficient (Wildman–Crippen LogP) is 2.92. The van der Waals surface area contributed by atoms with Gasteiger partial charge in [-0.25, -0.2) is 4.79 Å². The summed E-state index contributed by atoms with van der Waals surface area (Å²) in [6.07, 6.45) is 2.50. The molecule has 0 spiro atoms. The van der Waals surface area contributed by atoms with Crippen LogP contribution in [-0.4, -0.2) is 56.5 Å². The number of piperidine rings is 1. The molecule has 1 atom stereocenters. The topological polar surface area (TPSA) is 77.3 Å². The van der Waals surface area contributed by atoms with Gasteiger partial charge in [0.25, 0.3) is 0 Å². The summed E-state index contributed by atoms with van der Waals surface area (Å²) >= 11 is 1.34. The average molecular weight is 403 g/mol. The molecule has 1 fully saturated rings. The molecule has 3 rings (SSSR count). The normalized spacial score (nSPS) is 16.8. The number of amides is 1. The number of carbonyl (C=O) groups excluding carboxylic acids is 2. The van der Waals surface area contributed by atoms with Crippen molar-refractivity contribution in [2.45, 2.75) is 51.2 Å². The highest BCUT2D eigenvalue weighted by Crippen LogP contribution is 2.25. The zero-order valence-electron chi connectivity index (χ0n) is 16.6. The average Bonchev–Trinajstić information content (AvgIpc) is 3.06. The highest BCUT2D eigenvalue weighted by atomic mass is 32.2. The molecule has 0 bridgehead atoms. The molecule has 0 unspecified atom stereocenters. The van der Waals surface area contributed by atoms with Crippen molar-refractivity contribution >= 4 is 23.6 Å². The molecular weight excluding hydrogens is 376 g/mol. The molecule has 150 valence electrons. The number of ether oxygens (including phenoxy) is 1. The Bertz CT molecular complexity index is 852. The van der Waals surface area contributed by atoms with Crippen molar-refractivity contribution in [3.05, 3.63) is 35.7 Å². The van der Waals surface area contributed by atoms with E-state index in [1.54, 1.807) is 11.8 Å². The Morgan fingerprint density at radius 3 is 2.82 bits per heavy atom. The molecule has 2 heterocycles. The van der Waals surface area contributed by atoms with Crippen molar-refractivity contribution in [3.63, 3.8) is 0 Å². The number of esters is 1. The zero-order valence-corrected chi connectivity index (χ0v) is 17.4. The third-order valence-corrected chi connectivity index (χ3v) is 5.68. The molecule has 8 heteroatoms. The number of thioether (sulfide) groups is 1. The number of carbonyl (C=O) groups is 2. The number of hydrogen-bond acceptors (Lipinski definition) is 6. The molecule has 28 heavy (non-hydrogen) atoms. The molecular formula is C20H26N4O3S. The van der Waals surface area contributed by atoms with E-state index >= 15 is 0 Å². The molecule has 1 aliphatic rings. The Kier molecular flexibility index (Phi) is 6.72. The van der Waals surface area contributed by atoms with Crippen LogP contribution >= 0.6 is 11.8 Å². The third-order valence-electron chi connectivity index (χ3n) is 4.76. The minimum atomic E-state index is -0.474. The van der Waals surface area contributed by atoms with Crippen LogP contribution in [0.15, 0.2) is 29.4 Å². The van der Waals surface area contributed by atoms with Gasteiger partial charge in [0.15, 0.2) is 5.16 Å². The van der Waals surface area contributed by atoms with E-state index in [4.69, 9.17) is 4.74 Å². The van der Waals surface area contributed by atoms with Gasteiger partial charge in [-0.2, -0.15) is 0 Å². The van der Waals surface area contributed by atoms with Gasteiger partial charge < -0.3 is 9.64 Å². The van der Waals surface area contributed by atoms with E-state index in [1.807, 2.05) is 36.6 Å². The Balaban J connectivity index is 1.72. The van der Waals surface area contributed by atoms with Crippen molar-refractivity contribution in [2.75, 3.05) is 18.9 Å². The van der Waals surface area contributed by atoms with Gasteiger partial charge in [-0.3, -0.25) is 9.36 Å². The van der Waals surface area contributed by atoms with E-state index in [0.29, 0.717) is 24.7 Å². The fraction of sp³-hybridized carbons (Fsp3) is 0.500. The molecule has 1 aliphatic heterocycles. The van der Waals surface area contributed by atoms with Crippen LogP contribution in [0.2, 0.25) is 0 Å². The summed E-state index contributed by atoms with van der Waals surface area (Å²) in [4.78, 5) is 26.7. The molecule has 1 aromatic carbocycles. The van der Waals surface area contributed by atoms with Crippen molar-refractivity contribution in [1.82, 2.24) is 19.7 Å². The number of aryl methyl sites for hydroxylation is 2. The summed E-state index contributed by atoms with van der Waals surface area (Å²) in [6, 6.07) is 7.60. The van der Waals surface area contributed by atoms with Crippen LogP contribution in [0.25, 0.3) is 5.69 Å². The van der Waals surface area contributed by atoms with E-state index in [-0.39, 0.29) is 17.6 Å². The highest BCUT2D eigenvalue weighted by Gasteiger charge is 2.33. The van der Waals surface area contributed by atoms with Gasteiger partial charge in [-0.1, -0.05) is 23.9 Å². The molecule has 7 nitrogen and oxygen atoms in total. The largest absolute Gasteiger partial charge is 0.464 e. The molecule has 0 saturated carbocycles. The molecule has 1 saturated heterocycles. The SMILES string of the molecule is CCOC(=O)[C@H]1CCCCN1C(=O)CSc1nnc(C)n1-c1cccc(C)c1. The van der Waals surface area contributed by atoms with Crippen LogP contribution in [0, 0.1) is 13.8 Å². The molecule has 0 aliphatic carbocycles. The van der Waals surface area contributed by atoms with Crippen LogP contribution < -0.4 is 0 Å². The lowest BCUT2D eigenvalue weighted by atomic mass is 10.0. The van der Waals surface area contributed by atoms with Crippen LogP contribution in [0.4, 0.5) is 0 Å². The number of hydrogen-bond donors (Lipinski definition) is 0. The van der Waals surface area contributed by atoms with Crippen LogP contribution in [-0.2, 0) is 14.3 Å². The van der Waals surface area contributed by atoms with Crippen LogP contribution in [0.3, 0.4) is 0 Å². The maximum atomic E-state index is 12.8. The zero-order chi connectivity index (χ0) is 20.1. The Morgan fingerprint density at radius 1 is 1.25 bits per heavy atom. The van der Waals surface area contributed by atoms with E-state index in [9.17, 15) is 9.59 Å². The van der Waals surface area contributed by atoms with Gasteiger partial charge >= 0.3 is 5.97 Å². The number of likely N-dealkylation sites (tertiary alicyclic amines) is 1. The maximum absolute atomic E-state index is 12.8. The second kappa shape index (κ2) is 9.23. The van der Waals surface area contributed by atoms with Crippen molar-refractivity contribution in [2.24, 2.45) is 0 Å². The van der Waals surface area contributed by atoms with E-state index < -0.39 is 6.04 Å². The van der Waals surface area contributed by atoms with Gasteiger partial charge in [-0.05, 0) is 57.7 Å². The summed E-state index contributed by atoms with van der Waals surface area (Å²) in [5.74, 6) is 0.598. The maximum Gasteiger partial charge on any atom is 0.328 e. The monoisotopic (exact) mass is 402 g/mol. The van der Waals surface area contributed by atoms with Crippen molar-refractivity contribution < 1.29 is 14.3 Å². The third kappa shape index (κ3) is 4.55. The summed E-state index contributed by atoms with van der Waals surface area (Å²) in [5.41, 5.74) is 2.11. The quantitative estimate of drug-likeness (QED) is 0.546. The number of aromatic nitrogens is 3. The molecule has 1 amide bonds. The first-order valence-electron chi connectivity index (χ1n) is 9.59. The smallest absolute Gasteiger partial charge is 0.328 e. The molecule has 2 aromatic rings. The van der Waals surface area contributed by atoms with Gasteiger partial charge in [0.05, 0.1) is 12.4 Å². The first-order chi connectivity index (χ1) is 13.5. The minimum Gasteiger partial charge on any atom is -0.464 e. The lowest BCUT2D eigenvalue weighted by molar-refractivity contribution is -0.155. The molecule has 0 radical (unpaired) electrons. The fourth-order valence-electron chi connectivity index (χ4n) is 3.42. The summed E-state index contributed by atoms with van der Waals surface area (Å²) in [6.45, 7) is 6.62. The predicted molar refractivity (Wildman–Crippen MR) is 108 cm³/mol. The second-order valence-electron chi connectivity index (χ2n) is 6.84. The lowest BCUT2D eigenvalue weighted by Gasteiger charge is -2.33. The van der Waals surface area contributed by atoms with E-state index in [2.05, 4.69) is 16.3 Å². The van der Waals surface area contributed by atoms with E-state index in [1.165, 1.54) is 11.8 Å². The van der Waals surface area contributed by atoms with Gasteiger partial charge in [-0.15, -0.1) is 10.2 Å². The minimum absolute atomic E-state index is 0.0702. The number of nitrogens with zero attached hydrogens (tertiary/aromatic N) is 4. The fourth-order valence-corrected chi connectivity index (χ4v) is 4.31. The second-order valence-corrected chi connectivity index (χ2v) is 7.79. The van der Waals surface area contributed by atoms with E-state index in [0.717, 1.165) is 29.9 Å². The Morgan fingerprint density at radius 2 is 2.07 bits per heavy atom. The number of benzene rings is 1. The van der Waals surface area contributed by atoms with Crippen LogP contribution in [0.1, 0.15) is 37.6 Å². The standard InChI is InChI=1S/C20H26N4O3S/c1-4-27-19(26)17-10-5-6-11-23(17)18(25)13-28-20-22-21-15(3)24(20)16-9-7-8-14(2)12-16/h7-9,12,17H,4-6,10-11,13H2,1-3H3/t17-/m1/s1. The lowest BCUT2D eigenvalue weighted by Crippen LogP contribution is -2.49.